The minimum atomic E-state index is -0.588. The Morgan fingerprint density at radius 1 is 1.29 bits per heavy atom. The lowest BCUT2D eigenvalue weighted by Gasteiger charge is -2.47. The quantitative estimate of drug-likeness (QED) is 0.716. The topological polar surface area (TPSA) is 86.9 Å². The Labute approximate surface area is 188 Å². The van der Waals surface area contributed by atoms with Crippen molar-refractivity contribution >= 4 is 34.5 Å². The van der Waals surface area contributed by atoms with Crippen LogP contribution in [0.15, 0.2) is 16.5 Å². The van der Waals surface area contributed by atoms with Gasteiger partial charge in [-0.1, -0.05) is 39.3 Å². The van der Waals surface area contributed by atoms with Gasteiger partial charge in [-0.25, -0.2) is 4.98 Å². The van der Waals surface area contributed by atoms with Crippen LogP contribution >= 0.6 is 11.6 Å². The fraction of sp³-hybridized carbons (Fsp3) is 0.609. The van der Waals surface area contributed by atoms with Crippen molar-refractivity contribution in [3.8, 4) is 0 Å². The monoisotopic (exact) mass is 449 g/mol. The number of carbonyl (C=O) groups is 2. The Morgan fingerprint density at radius 2 is 1.97 bits per heavy atom. The molecule has 31 heavy (non-hydrogen) atoms. The molecule has 1 fully saturated rings. The lowest BCUT2D eigenvalue weighted by molar-refractivity contribution is -0.141. The van der Waals surface area contributed by atoms with Gasteiger partial charge in [-0.3, -0.25) is 9.59 Å². The molecule has 1 aliphatic heterocycles. The Kier molecular flexibility index (Phi) is 6.40. The molecule has 0 unspecified atom stereocenters. The largest absolute Gasteiger partial charge is 0.449 e. The second-order valence-electron chi connectivity index (χ2n) is 9.88. The van der Waals surface area contributed by atoms with Crippen LogP contribution in [-0.4, -0.2) is 63.5 Å². The maximum Gasteiger partial charge on any atom is 0.290 e. The summed E-state index contributed by atoms with van der Waals surface area (Å²) in [5.41, 5.74) is 1.21. The Morgan fingerprint density at radius 3 is 2.52 bits per heavy atom. The Balaban J connectivity index is 1.88. The number of hydrogen-bond donors (Lipinski definition) is 1. The molecule has 170 valence electrons. The molecule has 1 atom stereocenters. The number of carbonyl (C=O) groups excluding carboxylic acids is 2. The predicted octanol–water partition coefficient (Wildman–Crippen LogP) is 3.86. The number of aromatic nitrogens is 1. The van der Waals surface area contributed by atoms with Crippen LogP contribution in [-0.2, 0) is 10.2 Å². The van der Waals surface area contributed by atoms with Gasteiger partial charge in [-0.15, -0.1) is 0 Å². The molecule has 2 amide bonds. The summed E-state index contributed by atoms with van der Waals surface area (Å²) >= 11 is 6.20. The van der Waals surface area contributed by atoms with E-state index in [1.165, 1.54) is 0 Å². The molecule has 2 aromatic rings. The first-order valence-electron chi connectivity index (χ1n) is 10.7. The molecule has 1 aliphatic rings. The number of rotatable bonds is 4. The summed E-state index contributed by atoms with van der Waals surface area (Å²) in [7, 11) is 0. The highest BCUT2D eigenvalue weighted by molar-refractivity contribution is 6.30. The minimum absolute atomic E-state index is 0.0671. The van der Waals surface area contributed by atoms with Crippen molar-refractivity contribution in [1.82, 2.24) is 14.8 Å². The van der Waals surface area contributed by atoms with Gasteiger partial charge in [0.05, 0.1) is 18.1 Å². The molecule has 1 N–H and O–H groups in total. The van der Waals surface area contributed by atoms with Crippen molar-refractivity contribution in [1.29, 1.82) is 0 Å². The summed E-state index contributed by atoms with van der Waals surface area (Å²) < 4.78 is 6.01. The standard InChI is InChI=1S/C23H32ClN3O4/c1-7-14(12-28)20(29)26-8-9-27(23(5,6)13-26)21(30)17-11-16-19(31-17)15(22(2,3)4)10-18(24)25-16/h10-11,14,28H,7-9,12-13H2,1-6H3/t14-/m0/s1. The van der Waals surface area contributed by atoms with Crippen LogP contribution in [0.25, 0.3) is 11.1 Å². The van der Waals surface area contributed by atoms with Crippen LogP contribution in [0, 0.1) is 5.92 Å². The van der Waals surface area contributed by atoms with Gasteiger partial charge in [0.2, 0.25) is 5.91 Å². The normalized spacial score (nSPS) is 17.8. The van der Waals surface area contributed by atoms with E-state index in [2.05, 4.69) is 25.8 Å². The maximum absolute atomic E-state index is 13.4. The second-order valence-corrected chi connectivity index (χ2v) is 10.3. The van der Waals surface area contributed by atoms with E-state index < -0.39 is 11.5 Å². The summed E-state index contributed by atoms with van der Waals surface area (Å²) in [5, 5.41) is 9.83. The van der Waals surface area contributed by atoms with Gasteiger partial charge in [0, 0.05) is 31.3 Å². The number of furan rings is 1. The van der Waals surface area contributed by atoms with Crippen LogP contribution in [0.5, 0.6) is 0 Å². The number of piperazine rings is 1. The second kappa shape index (κ2) is 8.43. The third-order valence-electron chi connectivity index (χ3n) is 5.99. The van der Waals surface area contributed by atoms with Crippen LogP contribution in [0.4, 0.5) is 0 Å². The molecule has 0 spiro atoms. The number of amides is 2. The number of halogens is 1. The van der Waals surface area contributed by atoms with Crippen molar-refractivity contribution in [3.63, 3.8) is 0 Å². The molecule has 7 nitrogen and oxygen atoms in total. The van der Waals surface area contributed by atoms with Crippen LogP contribution in [0.3, 0.4) is 0 Å². The summed E-state index contributed by atoms with van der Waals surface area (Å²) in [4.78, 5) is 33.9. The highest BCUT2D eigenvalue weighted by Gasteiger charge is 2.40. The fourth-order valence-corrected chi connectivity index (χ4v) is 4.34. The fourth-order valence-electron chi connectivity index (χ4n) is 4.14. The first-order chi connectivity index (χ1) is 14.4. The number of fused-ring (bicyclic) bond motifs is 1. The summed E-state index contributed by atoms with van der Waals surface area (Å²) in [6.45, 7) is 12.9. The van der Waals surface area contributed by atoms with Crippen molar-refractivity contribution in [2.75, 3.05) is 26.2 Å². The van der Waals surface area contributed by atoms with E-state index in [9.17, 15) is 14.7 Å². The summed E-state index contributed by atoms with van der Waals surface area (Å²) in [6.07, 6.45) is 0.583. The molecule has 1 saturated heterocycles. The zero-order chi connectivity index (χ0) is 23.1. The molecule has 3 rings (SSSR count). The van der Waals surface area contributed by atoms with E-state index in [4.69, 9.17) is 16.0 Å². The average Bonchev–Trinajstić information content (AvgIpc) is 3.09. The van der Waals surface area contributed by atoms with Gasteiger partial charge in [-0.05, 0) is 31.7 Å². The van der Waals surface area contributed by atoms with E-state index in [0.717, 1.165) is 5.56 Å². The lowest BCUT2D eigenvalue weighted by Crippen LogP contribution is -2.62. The van der Waals surface area contributed by atoms with E-state index in [-0.39, 0.29) is 29.6 Å². The van der Waals surface area contributed by atoms with Crippen LogP contribution < -0.4 is 0 Å². The van der Waals surface area contributed by atoms with Gasteiger partial charge >= 0.3 is 0 Å². The lowest BCUT2D eigenvalue weighted by atomic mass is 9.87. The van der Waals surface area contributed by atoms with E-state index in [1.54, 1.807) is 21.9 Å². The molecule has 0 aliphatic carbocycles. The third-order valence-corrected chi connectivity index (χ3v) is 6.18. The van der Waals surface area contributed by atoms with Gasteiger partial charge < -0.3 is 19.3 Å². The van der Waals surface area contributed by atoms with Gasteiger partial charge in [-0.2, -0.15) is 0 Å². The van der Waals surface area contributed by atoms with Crippen molar-refractivity contribution in [2.24, 2.45) is 5.92 Å². The molecule has 0 saturated carbocycles. The minimum Gasteiger partial charge on any atom is -0.449 e. The van der Waals surface area contributed by atoms with Crippen molar-refractivity contribution in [2.45, 2.75) is 58.9 Å². The average molecular weight is 450 g/mol. The van der Waals surface area contributed by atoms with E-state index >= 15 is 0 Å². The zero-order valence-electron chi connectivity index (χ0n) is 19.2. The zero-order valence-corrected chi connectivity index (χ0v) is 19.9. The summed E-state index contributed by atoms with van der Waals surface area (Å²) in [6, 6.07) is 3.42. The number of pyridine rings is 1. The van der Waals surface area contributed by atoms with Crippen LogP contribution in [0.1, 0.15) is 64.1 Å². The van der Waals surface area contributed by atoms with E-state index in [0.29, 0.717) is 42.3 Å². The summed E-state index contributed by atoms with van der Waals surface area (Å²) in [5.74, 6) is -0.493. The molecule has 0 bridgehead atoms. The molecule has 0 aromatic carbocycles. The highest BCUT2D eigenvalue weighted by Crippen LogP contribution is 2.34. The first kappa shape index (κ1) is 23.5. The van der Waals surface area contributed by atoms with Gasteiger partial charge in [0.15, 0.2) is 11.3 Å². The van der Waals surface area contributed by atoms with Crippen molar-refractivity contribution in [3.05, 3.63) is 28.6 Å². The van der Waals surface area contributed by atoms with Crippen LogP contribution in [0.2, 0.25) is 5.15 Å². The van der Waals surface area contributed by atoms with Gasteiger partial charge in [0.25, 0.3) is 5.91 Å². The maximum atomic E-state index is 13.4. The van der Waals surface area contributed by atoms with E-state index in [1.807, 2.05) is 20.8 Å². The first-order valence-corrected chi connectivity index (χ1v) is 11.1. The Bertz CT molecular complexity index is 989. The molecule has 0 radical (unpaired) electrons. The highest BCUT2D eigenvalue weighted by atomic mass is 35.5. The number of aliphatic hydroxyl groups is 1. The molecule has 2 aromatic heterocycles. The molecular weight excluding hydrogens is 418 g/mol. The number of aliphatic hydroxyl groups excluding tert-OH is 1. The Hall–Kier alpha value is -2.12. The van der Waals surface area contributed by atoms with Crippen molar-refractivity contribution < 1.29 is 19.1 Å². The number of nitrogens with zero attached hydrogens (tertiary/aromatic N) is 3. The SMILES string of the molecule is CC[C@@H](CO)C(=O)N1CCN(C(=O)c2cc3nc(Cl)cc(C(C)(C)C)c3o2)C(C)(C)C1. The smallest absolute Gasteiger partial charge is 0.290 e. The predicted molar refractivity (Wildman–Crippen MR) is 120 cm³/mol. The van der Waals surface area contributed by atoms with Gasteiger partial charge in [0.1, 0.15) is 10.7 Å². The third kappa shape index (κ3) is 4.58. The molecule has 3 heterocycles. The number of hydrogen-bond acceptors (Lipinski definition) is 5. The molecule has 8 heteroatoms. The molecular formula is C23H32ClN3O4.